The van der Waals surface area contributed by atoms with Crippen molar-refractivity contribution < 1.29 is 9.85 Å². The molecule has 3 aromatic rings. The van der Waals surface area contributed by atoms with Crippen LogP contribution in [0.5, 0.6) is 0 Å². The van der Waals surface area contributed by atoms with Crippen molar-refractivity contribution in [2.24, 2.45) is 0 Å². The molecule has 0 saturated heterocycles. The van der Waals surface area contributed by atoms with Crippen molar-refractivity contribution in [1.29, 1.82) is 0 Å². The molecule has 0 aliphatic carbocycles. The van der Waals surface area contributed by atoms with Crippen molar-refractivity contribution in [3.63, 3.8) is 0 Å². The summed E-state index contributed by atoms with van der Waals surface area (Å²) in [7, 11) is 0. The maximum absolute atomic E-state index is 11.0. The third kappa shape index (κ3) is 2.11. The highest BCUT2D eigenvalue weighted by Gasteiger charge is 2.17. The Kier molecular flexibility index (Phi) is 3.14. The number of nitrogens with zero attached hydrogens (tertiary/aromatic N) is 3. The van der Waals surface area contributed by atoms with Crippen LogP contribution >= 0.6 is 11.6 Å². The van der Waals surface area contributed by atoms with Gasteiger partial charge in [0.2, 0.25) is 0 Å². The molecule has 0 saturated carbocycles. The second-order valence-electron chi connectivity index (χ2n) is 4.80. The second kappa shape index (κ2) is 4.88. The van der Waals surface area contributed by atoms with Crippen LogP contribution in [0.1, 0.15) is 5.56 Å². The number of rotatable bonds is 2. The van der Waals surface area contributed by atoms with Crippen molar-refractivity contribution in [3.05, 3.63) is 61.1 Å². The molecule has 110 valence electrons. The van der Waals surface area contributed by atoms with Crippen LogP contribution in [0.4, 0.5) is 11.4 Å². The third-order valence-electron chi connectivity index (χ3n) is 3.42. The summed E-state index contributed by atoms with van der Waals surface area (Å²) in [5, 5.41) is 23.4. The highest BCUT2D eigenvalue weighted by molar-refractivity contribution is 6.40. The molecule has 0 amide bonds. The molecular formula is C14H8ClN3O4. The Hall–Kier alpha value is -2.80. The maximum Gasteiger partial charge on any atom is 0.274 e. The van der Waals surface area contributed by atoms with Crippen LogP contribution in [0.3, 0.4) is 0 Å². The lowest BCUT2D eigenvalue weighted by atomic mass is 10.1. The number of hydrogen-bond donors (Lipinski definition) is 0. The van der Waals surface area contributed by atoms with Crippen molar-refractivity contribution in [2.75, 3.05) is 0 Å². The Bertz CT molecular complexity index is 971. The number of fused-ring (bicyclic) bond motifs is 2. The van der Waals surface area contributed by atoms with Gasteiger partial charge in [-0.3, -0.25) is 20.2 Å². The van der Waals surface area contributed by atoms with Gasteiger partial charge in [0.1, 0.15) is 0 Å². The number of halogens is 1. The first-order valence-corrected chi connectivity index (χ1v) is 6.58. The van der Waals surface area contributed by atoms with E-state index < -0.39 is 9.85 Å². The van der Waals surface area contributed by atoms with Gasteiger partial charge in [-0.15, -0.1) is 0 Å². The lowest BCUT2D eigenvalue weighted by Gasteiger charge is -2.07. The van der Waals surface area contributed by atoms with E-state index in [1.165, 1.54) is 24.3 Å². The Labute approximate surface area is 128 Å². The first-order valence-electron chi connectivity index (χ1n) is 6.21. The minimum Gasteiger partial charge on any atom is -0.258 e. The van der Waals surface area contributed by atoms with Crippen molar-refractivity contribution >= 4 is 44.8 Å². The monoisotopic (exact) mass is 317 g/mol. The van der Waals surface area contributed by atoms with Crippen LogP contribution in [0.15, 0.2) is 30.3 Å². The summed E-state index contributed by atoms with van der Waals surface area (Å²) in [6.45, 7) is 1.62. The van der Waals surface area contributed by atoms with Crippen LogP contribution in [-0.2, 0) is 0 Å². The zero-order valence-electron chi connectivity index (χ0n) is 11.2. The number of aryl methyl sites for hydroxylation is 1. The van der Waals surface area contributed by atoms with E-state index in [4.69, 9.17) is 11.6 Å². The van der Waals surface area contributed by atoms with E-state index in [0.717, 1.165) is 0 Å². The van der Waals surface area contributed by atoms with Gasteiger partial charge in [0.05, 0.1) is 25.9 Å². The molecule has 0 fully saturated rings. The van der Waals surface area contributed by atoms with Crippen LogP contribution < -0.4 is 0 Å². The van der Waals surface area contributed by atoms with Crippen molar-refractivity contribution in [3.8, 4) is 0 Å². The minimum atomic E-state index is -0.531. The summed E-state index contributed by atoms with van der Waals surface area (Å²) in [6.07, 6.45) is 0. The van der Waals surface area contributed by atoms with E-state index in [2.05, 4.69) is 4.98 Å². The van der Waals surface area contributed by atoms with Crippen LogP contribution in [0.25, 0.3) is 21.8 Å². The summed E-state index contributed by atoms with van der Waals surface area (Å²) in [5.41, 5.74) is 0.945. The Morgan fingerprint density at radius 1 is 1.00 bits per heavy atom. The van der Waals surface area contributed by atoms with Gasteiger partial charge >= 0.3 is 0 Å². The zero-order valence-corrected chi connectivity index (χ0v) is 12.0. The first-order chi connectivity index (χ1) is 10.4. The summed E-state index contributed by atoms with van der Waals surface area (Å²) in [6, 6.07) is 7.10. The van der Waals surface area contributed by atoms with E-state index >= 15 is 0 Å². The average Bonchev–Trinajstić information content (AvgIpc) is 2.47. The zero-order chi connectivity index (χ0) is 16.0. The Balaban J connectivity index is 2.41. The number of benzene rings is 2. The highest BCUT2D eigenvalue weighted by Crippen LogP contribution is 2.35. The van der Waals surface area contributed by atoms with Gasteiger partial charge in [0.15, 0.2) is 0 Å². The van der Waals surface area contributed by atoms with Gasteiger partial charge in [-0.25, -0.2) is 4.98 Å². The number of nitro groups is 2. The summed E-state index contributed by atoms with van der Waals surface area (Å²) in [5.74, 6) is 0. The van der Waals surface area contributed by atoms with Crippen LogP contribution in [0.2, 0.25) is 5.02 Å². The van der Waals surface area contributed by atoms with E-state index in [9.17, 15) is 20.2 Å². The predicted molar refractivity (Wildman–Crippen MR) is 82.3 cm³/mol. The second-order valence-corrected chi connectivity index (χ2v) is 5.18. The molecule has 0 spiro atoms. The summed E-state index contributed by atoms with van der Waals surface area (Å²) >= 11 is 6.33. The molecule has 0 aliphatic heterocycles. The van der Waals surface area contributed by atoms with E-state index in [1.807, 2.05) is 0 Å². The molecule has 3 rings (SSSR count). The largest absolute Gasteiger partial charge is 0.274 e. The lowest BCUT2D eigenvalue weighted by Crippen LogP contribution is -1.94. The van der Waals surface area contributed by atoms with E-state index in [0.29, 0.717) is 32.4 Å². The third-order valence-corrected chi connectivity index (χ3v) is 3.82. The molecule has 0 N–H and O–H groups in total. The Morgan fingerprint density at radius 3 is 2.32 bits per heavy atom. The lowest BCUT2D eigenvalue weighted by molar-refractivity contribution is -0.385. The normalized spacial score (nSPS) is 11.0. The molecular weight excluding hydrogens is 310 g/mol. The molecule has 1 aromatic heterocycles. The standard InChI is InChI=1S/C14H8ClN3O4/c1-7-4-10-12(6-13(7)18(21)22)16-11-5-8(17(19)20)2-3-9(11)14(10)15/h2-6H,1H3. The summed E-state index contributed by atoms with van der Waals surface area (Å²) < 4.78 is 0. The topological polar surface area (TPSA) is 99.2 Å². The maximum atomic E-state index is 11.0. The number of aromatic nitrogens is 1. The van der Waals surface area contributed by atoms with Gasteiger partial charge < -0.3 is 0 Å². The van der Waals surface area contributed by atoms with Gasteiger partial charge in [-0.1, -0.05) is 11.6 Å². The molecule has 0 bridgehead atoms. The SMILES string of the molecule is Cc1cc2c(Cl)c3ccc([N+](=O)[O-])cc3nc2cc1[N+](=O)[O-]. The number of pyridine rings is 1. The molecule has 0 aliphatic rings. The Morgan fingerprint density at radius 2 is 1.68 bits per heavy atom. The fourth-order valence-corrected chi connectivity index (χ4v) is 2.65. The predicted octanol–water partition coefficient (Wildman–Crippen LogP) is 4.17. The van der Waals surface area contributed by atoms with Crippen molar-refractivity contribution in [1.82, 2.24) is 4.98 Å². The van der Waals surface area contributed by atoms with E-state index in [1.54, 1.807) is 13.0 Å². The molecule has 0 unspecified atom stereocenters. The van der Waals surface area contributed by atoms with Crippen LogP contribution in [0, 0.1) is 27.2 Å². The molecule has 1 heterocycles. The molecule has 2 aromatic carbocycles. The quantitative estimate of drug-likeness (QED) is 0.401. The average molecular weight is 318 g/mol. The van der Waals surface area contributed by atoms with Crippen molar-refractivity contribution in [2.45, 2.75) is 6.92 Å². The summed E-state index contributed by atoms with van der Waals surface area (Å²) in [4.78, 5) is 25.1. The van der Waals surface area contributed by atoms with E-state index in [-0.39, 0.29) is 11.4 Å². The van der Waals surface area contributed by atoms with Gasteiger partial charge in [-0.05, 0) is 19.1 Å². The highest BCUT2D eigenvalue weighted by atomic mass is 35.5. The fourth-order valence-electron chi connectivity index (χ4n) is 2.34. The smallest absolute Gasteiger partial charge is 0.258 e. The number of non-ortho nitro benzene ring substituents is 1. The molecule has 0 radical (unpaired) electrons. The van der Waals surface area contributed by atoms with Gasteiger partial charge in [0, 0.05) is 34.5 Å². The molecule has 22 heavy (non-hydrogen) atoms. The van der Waals surface area contributed by atoms with Crippen LogP contribution in [-0.4, -0.2) is 14.8 Å². The molecule has 7 nitrogen and oxygen atoms in total. The first kappa shape index (κ1) is 14.2. The molecule has 8 heteroatoms. The van der Waals surface area contributed by atoms with Gasteiger partial charge in [-0.2, -0.15) is 0 Å². The minimum absolute atomic E-state index is 0.0687. The molecule has 0 atom stereocenters. The number of hydrogen-bond acceptors (Lipinski definition) is 5. The van der Waals surface area contributed by atoms with Gasteiger partial charge in [0.25, 0.3) is 11.4 Å². The number of nitro benzene ring substituents is 2. The fraction of sp³-hybridized carbons (Fsp3) is 0.0714.